The zero-order valence-corrected chi connectivity index (χ0v) is 15.0. The summed E-state index contributed by atoms with van der Waals surface area (Å²) in [5, 5.41) is 14.5. The summed E-state index contributed by atoms with van der Waals surface area (Å²) >= 11 is 3.57. The molecule has 5 nitrogen and oxygen atoms in total. The van der Waals surface area contributed by atoms with Crippen LogP contribution in [0.3, 0.4) is 0 Å². The molecule has 124 valence electrons. The van der Waals surface area contributed by atoms with Gasteiger partial charge >= 0.3 is 0 Å². The van der Waals surface area contributed by atoms with E-state index in [2.05, 4.69) is 20.7 Å². The van der Waals surface area contributed by atoms with Crippen LogP contribution in [-0.2, 0) is 0 Å². The van der Waals surface area contributed by atoms with Crippen molar-refractivity contribution in [2.45, 2.75) is 48.2 Å². The highest BCUT2D eigenvalue weighted by Gasteiger charge is 2.24. The predicted molar refractivity (Wildman–Crippen MR) is 95.2 cm³/mol. The summed E-state index contributed by atoms with van der Waals surface area (Å²) < 4.78 is 1.14. The van der Waals surface area contributed by atoms with Crippen molar-refractivity contribution in [3.63, 3.8) is 0 Å². The lowest BCUT2D eigenvalue weighted by molar-refractivity contribution is 0.0928. The Kier molecular flexibility index (Phi) is 5.48. The largest absolute Gasteiger partial charge is 0.349 e. The summed E-state index contributed by atoms with van der Waals surface area (Å²) in [7, 11) is 0. The summed E-state index contributed by atoms with van der Waals surface area (Å²) in [5.41, 5.74) is 1.91. The maximum absolute atomic E-state index is 12.2. The number of carbonyl (C=O) groups is 1. The number of hydrogen-bond donors (Lipinski definition) is 1. The minimum absolute atomic E-state index is 0.112. The fourth-order valence-corrected chi connectivity index (χ4v) is 5.00. The minimum atomic E-state index is -0.112. The summed E-state index contributed by atoms with van der Waals surface area (Å²) in [6, 6.07) is 5.38. The second-order valence-corrected chi connectivity index (χ2v) is 8.27. The number of rotatable bonds is 4. The van der Waals surface area contributed by atoms with Crippen LogP contribution in [0.25, 0.3) is 0 Å². The van der Waals surface area contributed by atoms with E-state index in [1.54, 1.807) is 23.5 Å². The molecule has 0 bridgehead atoms. The number of aryl methyl sites for hydroxylation is 1. The maximum Gasteiger partial charge on any atom is 0.253 e. The van der Waals surface area contributed by atoms with Crippen molar-refractivity contribution in [2.75, 3.05) is 0 Å². The van der Waals surface area contributed by atoms with Gasteiger partial charge in [-0.1, -0.05) is 11.8 Å². The molecule has 24 heavy (non-hydrogen) atoms. The first-order valence-electron chi connectivity index (χ1n) is 7.90. The Morgan fingerprint density at radius 1 is 1.38 bits per heavy atom. The van der Waals surface area contributed by atoms with E-state index in [9.17, 15) is 4.79 Å². The molecule has 1 aliphatic carbocycles. The highest BCUT2D eigenvalue weighted by atomic mass is 32.2. The Balaban J connectivity index is 1.47. The number of carbonyl (C=O) groups excluding carboxylic acids is 1. The van der Waals surface area contributed by atoms with Gasteiger partial charge in [-0.3, -0.25) is 4.79 Å². The Morgan fingerprint density at radius 3 is 2.75 bits per heavy atom. The van der Waals surface area contributed by atoms with Crippen LogP contribution in [-0.4, -0.2) is 27.2 Å². The van der Waals surface area contributed by atoms with Crippen molar-refractivity contribution in [3.8, 4) is 6.07 Å². The van der Waals surface area contributed by atoms with Gasteiger partial charge in [0.15, 0.2) is 0 Å². The van der Waals surface area contributed by atoms with E-state index in [4.69, 9.17) is 5.26 Å². The van der Waals surface area contributed by atoms with Crippen molar-refractivity contribution >= 4 is 29.0 Å². The van der Waals surface area contributed by atoms with Gasteiger partial charge in [0.05, 0.1) is 5.56 Å². The number of aromatic nitrogens is 2. The molecule has 0 saturated heterocycles. The molecule has 0 unspecified atom stereocenters. The number of nitrogens with zero attached hydrogens (tertiary/aromatic N) is 3. The minimum Gasteiger partial charge on any atom is -0.349 e. The van der Waals surface area contributed by atoms with Crippen LogP contribution >= 0.6 is 23.1 Å². The molecule has 1 fully saturated rings. The average Bonchev–Trinajstić information content (AvgIpc) is 3.01. The fraction of sp³-hybridized carbons (Fsp3) is 0.412. The van der Waals surface area contributed by atoms with Gasteiger partial charge in [0, 0.05) is 28.6 Å². The zero-order valence-electron chi connectivity index (χ0n) is 13.4. The topological polar surface area (TPSA) is 78.7 Å². The molecular weight excluding hydrogens is 340 g/mol. The molecule has 1 aliphatic rings. The Bertz CT molecular complexity index is 743. The second-order valence-electron chi connectivity index (χ2n) is 5.86. The normalized spacial score (nSPS) is 20.3. The van der Waals surface area contributed by atoms with Crippen LogP contribution in [0.1, 0.15) is 47.4 Å². The van der Waals surface area contributed by atoms with E-state index in [-0.39, 0.29) is 11.9 Å². The van der Waals surface area contributed by atoms with Crippen molar-refractivity contribution in [2.24, 2.45) is 0 Å². The zero-order chi connectivity index (χ0) is 16.9. The molecular formula is C17H18N4OS2. The highest BCUT2D eigenvalue weighted by Crippen LogP contribution is 2.35. The van der Waals surface area contributed by atoms with Crippen LogP contribution in [0.5, 0.6) is 0 Å². The molecule has 3 rings (SSSR count). The van der Waals surface area contributed by atoms with Gasteiger partial charge in [-0.05, 0) is 44.7 Å². The van der Waals surface area contributed by atoms with Crippen LogP contribution in [0.15, 0.2) is 28.0 Å². The number of hydrogen-bond acceptors (Lipinski definition) is 6. The molecule has 1 amide bonds. The molecule has 2 heterocycles. The van der Waals surface area contributed by atoms with Crippen molar-refractivity contribution < 1.29 is 4.79 Å². The highest BCUT2D eigenvalue weighted by molar-refractivity contribution is 8.01. The third-order valence-electron chi connectivity index (χ3n) is 4.02. The van der Waals surface area contributed by atoms with Crippen LogP contribution in [0.2, 0.25) is 0 Å². The first-order chi connectivity index (χ1) is 11.6. The Labute approximate surface area is 149 Å². The first-order valence-corrected chi connectivity index (χ1v) is 9.66. The summed E-state index contributed by atoms with van der Waals surface area (Å²) in [4.78, 5) is 20.7. The van der Waals surface area contributed by atoms with E-state index < -0.39 is 0 Å². The number of pyridine rings is 1. The van der Waals surface area contributed by atoms with E-state index in [1.165, 1.54) is 6.20 Å². The lowest BCUT2D eigenvalue weighted by atomic mass is 9.95. The number of nitriles is 1. The SMILES string of the molecule is Cc1csc(SC2CCC(NC(=O)c3ccc(C#N)nc3)CC2)n1. The number of amides is 1. The molecule has 0 radical (unpaired) electrons. The average molecular weight is 358 g/mol. The fourth-order valence-electron chi connectivity index (χ4n) is 2.72. The van der Waals surface area contributed by atoms with Crippen LogP contribution in [0.4, 0.5) is 0 Å². The van der Waals surface area contributed by atoms with Gasteiger partial charge in [0.2, 0.25) is 0 Å². The predicted octanol–water partition coefficient (Wildman–Crippen LogP) is 3.55. The molecule has 2 aromatic heterocycles. The molecule has 0 spiro atoms. The molecule has 1 saturated carbocycles. The molecule has 0 aromatic carbocycles. The van der Waals surface area contributed by atoms with Crippen molar-refractivity contribution in [1.82, 2.24) is 15.3 Å². The van der Waals surface area contributed by atoms with E-state index in [1.807, 2.05) is 24.8 Å². The summed E-state index contributed by atoms with van der Waals surface area (Å²) in [6.45, 7) is 2.02. The quantitative estimate of drug-likeness (QED) is 0.904. The van der Waals surface area contributed by atoms with Crippen molar-refractivity contribution in [3.05, 3.63) is 40.7 Å². The van der Waals surface area contributed by atoms with E-state index in [0.717, 1.165) is 35.7 Å². The second kappa shape index (κ2) is 7.77. The molecule has 0 atom stereocenters. The Morgan fingerprint density at radius 2 is 2.17 bits per heavy atom. The third kappa shape index (κ3) is 4.34. The van der Waals surface area contributed by atoms with Crippen LogP contribution in [0, 0.1) is 18.3 Å². The van der Waals surface area contributed by atoms with Gasteiger partial charge in [-0.15, -0.1) is 11.3 Å². The molecule has 0 aliphatic heterocycles. The molecule has 7 heteroatoms. The van der Waals surface area contributed by atoms with Crippen molar-refractivity contribution in [1.29, 1.82) is 5.26 Å². The molecule has 1 N–H and O–H groups in total. The number of nitrogens with one attached hydrogen (secondary N) is 1. The van der Waals surface area contributed by atoms with E-state index >= 15 is 0 Å². The van der Waals surface area contributed by atoms with Gasteiger partial charge in [0.25, 0.3) is 5.91 Å². The summed E-state index contributed by atoms with van der Waals surface area (Å²) in [6.07, 6.45) is 5.59. The number of thioether (sulfide) groups is 1. The summed E-state index contributed by atoms with van der Waals surface area (Å²) in [5.74, 6) is -0.112. The standard InChI is InChI=1S/C17H18N4OS2/c1-11-10-23-17(20-11)24-15-6-4-13(5-7-15)21-16(22)12-2-3-14(8-18)19-9-12/h2-3,9-10,13,15H,4-7H2,1H3,(H,21,22). The van der Waals surface area contributed by atoms with Gasteiger partial charge in [0.1, 0.15) is 16.1 Å². The smallest absolute Gasteiger partial charge is 0.253 e. The van der Waals surface area contributed by atoms with Gasteiger partial charge in [-0.2, -0.15) is 5.26 Å². The Hall–Kier alpha value is -1.91. The van der Waals surface area contributed by atoms with Gasteiger partial charge < -0.3 is 5.32 Å². The molecule has 2 aromatic rings. The first kappa shape index (κ1) is 16.9. The van der Waals surface area contributed by atoms with Crippen LogP contribution < -0.4 is 5.32 Å². The monoisotopic (exact) mass is 358 g/mol. The lowest BCUT2D eigenvalue weighted by Gasteiger charge is -2.28. The lowest BCUT2D eigenvalue weighted by Crippen LogP contribution is -2.38. The third-order valence-corrected chi connectivity index (χ3v) is 6.44. The van der Waals surface area contributed by atoms with E-state index in [0.29, 0.717) is 16.5 Å². The van der Waals surface area contributed by atoms with Gasteiger partial charge in [-0.25, -0.2) is 9.97 Å². The number of thiazole rings is 1. The maximum atomic E-state index is 12.2.